The number of methoxy groups -OCH3 is 2. The Morgan fingerprint density at radius 3 is 0.748 bits per heavy atom. The van der Waals surface area contributed by atoms with Crippen molar-refractivity contribution in [3.8, 4) is 11.5 Å². The van der Waals surface area contributed by atoms with E-state index in [4.69, 9.17) is 69.3 Å². The van der Waals surface area contributed by atoms with Crippen LogP contribution < -0.4 is 30.7 Å². The fourth-order valence-corrected chi connectivity index (χ4v) is 14.4. The zero-order valence-electron chi connectivity index (χ0n) is 72.5. The van der Waals surface area contributed by atoms with Crippen LogP contribution in [0.1, 0.15) is 152 Å². The summed E-state index contributed by atoms with van der Waals surface area (Å²) in [7, 11) is 3.31. The molecule has 18 nitrogen and oxygen atoms in total. The van der Waals surface area contributed by atoms with Crippen molar-refractivity contribution in [2.24, 2.45) is 0 Å². The smallest absolute Gasteiger partial charge is 0.230 e. The van der Waals surface area contributed by atoms with E-state index >= 15 is 0 Å². The van der Waals surface area contributed by atoms with Crippen LogP contribution in [0.4, 0.5) is 46.5 Å². The fraction of sp³-hybridized carbons (Fsp3) is 0.200. The molecule has 0 saturated heterocycles. The molecular formula is C105H106N16O2. The summed E-state index contributed by atoms with van der Waals surface area (Å²) in [4.78, 5) is 56.8. The van der Waals surface area contributed by atoms with Crippen molar-refractivity contribution in [1.29, 1.82) is 0 Å². The van der Waals surface area contributed by atoms with Crippen molar-refractivity contribution in [3.05, 3.63) is 437 Å². The molecule has 0 bridgehead atoms. The Bertz CT molecular complexity index is 6010. The second-order valence-electron chi connectivity index (χ2n) is 31.4. The van der Waals surface area contributed by atoms with Crippen LogP contribution in [0.15, 0.2) is 285 Å². The maximum atomic E-state index is 5.46. The van der Waals surface area contributed by atoms with E-state index < -0.39 is 0 Å². The molecule has 0 radical (unpaired) electrons. The summed E-state index contributed by atoms with van der Waals surface area (Å²) in [6, 6.07) is 97.6. The number of hydrogen-bond donors (Lipinski definition) is 4. The highest BCUT2D eigenvalue weighted by molar-refractivity contribution is 5.63. The van der Waals surface area contributed by atoms with Crippen molar-refractivity contribution in [2.45, 2.75) is 128 Å². The van der Waals surface area contributed by atoms with Gasteiger partial charge in [-0.2, -0.15) is 39.9 Å². The van der Waals surface area contributed by atoms with Gasteiger partial charge in [-0.3, -0.25) is 0 Å². The summed E-state index contributed by atoms with van der Waals surface area (Å²) in [5.74, 6) is 9.80. The van der Waals surface area contributed by atoms with Crippen molar-refractivity contribution < 1.29 is 9.47 Å². The normalized spacial score (nSPS) is 10.7. The lowest BCUT2D eigenvalue weighted by Gasteiger charge is -2.12. The molecule has 16 aromatic rings. The monoisotopic (exact) mass is 1620 g/mol. The average molecular weight is 1620 g/mol. The van der Waals surface area contributed by atoms with Crippen LogP contribution in [-0.2, 0) is 51.4 Å². The Morgan fingerprint density at radius 2 is 0.463 bits per heavy atom. The standard InChI is InChI=1S/C27H28N4.2C26H26N4O.C26H26N4/c1-18-7-5-9-22(14-18)16-25-29-26(17-23-10-6-8-19(2)15-23)31-27(30-25)28-24-12-11-20(3)13-21(24)4;1-18-7-4-9-20(13-18)15-24-28-25(16-21-10-5-8-19(2)14-21)30-26(29-24)27-22-11-6-12-23(17-22)31-3;1-18-8-6-10-20(14-18)16-24-28-25(17-21-11-7-9-19(2)15-21)30-26(29-24)27-22-12-4-5-13-23(22)31-3;1-18-8-6-11-21(14-18)16-24-28-25(17-22-12-7-9-19(2)15-22)30-26(29-24)27-23-13-5-4-10-20(23)3/h5-15H,16-17H2,1-4H3,(H,28,29,30,31);4-14,17H,15-16H2,1-3H3,(H,27,28,29,30);4-15H,16-17H2,1-3H3,(H,27,28,29,30);4-15H,16-17H2,1-3H3,(H,27,28,29,30). The van der Waals surface area contributed by atoms with E-state index in [-0.39, 0.29) is 0 Å². The quantitative estimate of drug-likeness (QED) is 0.0396. The van der Waals surface area contributed by atoms with Gasteiger partial charge < -0.3 is 30.7 Å². The maximum Gasteiger partial charge on any atom is 0.230 e. The molecule has 0 unspecified atom stereocenters. The Labute approximate surface area is 723 Å². The largest absolute Gasteiger partial charge is 0.497 e. The van der Waals surface area contributed by atoms with Gasteiger partial charge in [-0.25, -0.2) is 19.9 Å². The lowest BCUT2D eigenvalue weighted by Crippen LogP contribution is -2.09. The summed E-state index contributed by atoms with van der Waals surface area (Å²) in [6.45, 7) is 23.0. The molecule has 18 heteroatoms. The minimum absolute atomic E-state index is 0.518. The molecule has 0 amide bonds. The molecule has 4 N–H and O–H groups in total. The van der Waals surface area contributed by atoms with E-state index in [1.165, 1.54) is 100 Å². The number of hydrogen-bond acceptors (Lipinski definition) is 18. The number of benzene rings is 12. The Kier molecular flexibility index (Phi) is 29.8. The minimum atomic E-state index is 0.518. The van der Waals surface area contributed by atoms with Crippen molar-refractivity contribution in [3.63, 3.8) is 0 Å². The molecule has 0 aliphatic carbocycles. The predicted molar refractivity (Wildman–Crippen MR) is 497 cm³/mol. The highest BCUT2D eigenvalue weighted by atomic mass is 16.5. The Hall–Kier alpha value is -14.5. The van der Waals surface area contributed by atoms with Gasteiger partial charge in [0, 0.05) is 74.5 Å². The molecule has 0 fully saturated rings. The summed E-state index contributed by atoms with van der Waals surface area (Å²) in [6.07, 6.45) is 5.28. The second-order valence-corrected chi connectivity index (χ2v) is 31.4. The third-order valence-electron chi connectivity index (χ3n) is 20.2. The number of anilines is 8. The van der Waals surface area contributed by atoms with Crippen LogP contribution in [0.5, 0.6) is 11.5 Å². The van der Waals surface area contributed by atoms with Crippen LogP contribution in [-0.4, -0.2) is 74.0 Å². The highest BCUT2D eigenvalue weighted by Crippen LogP contribution is 2.29. The van der Waals surface area contributed by atoms with E-state index in [2.05, 4.69) is 316 Å². The first-order valence-corrected chi connectivity index (χ1v) is 41.5. The molecule has 123 heavy (non-hydrogen) atoms. The van der Waals surface area contributed by atoms with Gasteiger partial charge in [0.2, 0.25) is 23.8 Å². The zero-order chi connectivity index (χ0) is 86.0. The number of para-hydroxylation sites is 3. The molecule has 618 valence electrons. The molecule has 12 aromatic carbocycles. The highest BCUT2D eigenvalue weighted by Gasteiger charge is 2.17. The number of aromatic nitrogens is 12. The zero-order valence-corrected chi connectivity index (χ0v) is 72.5. The maximum absolute atomic E-state index is 5.46. The van der Waals surface area contributed by atoms with Crippen LogP contribution >= 0.6 is 0 Å². The lowest BCUT2D eigenvalue weighted by atomic mass is 10.1. The number of nitrogens with zero attached hydrogens (tertiary/aromatic N) is 12. The number of nitrogens with one attached hydrogen (secondary N) is 4. The molecule has 0 aliphatic rings. The molecule has 0 saturated carbocycles. The molecule has 0 aliphatic heterocycles. The molecule has 0 atom stereocenters. The van der Waals surface area contributed by atoms with Gasteiger partial charge in [0.15, 0.2) is 0 Å². The first-order valence-electron chi connectivity index (χ1n) is 41.5. The molecular weight excluding hydrogens is 1520 g/mol. The number of rotatable bonds is 26. The number of ether oxygens (including phenoxy) is 2. The first kappa shape index (κ1) is 86.3. The summed E-state index contributed by atoms with van der Waals surface area (Å²) in [5, 5.41) is 13.4. The van der Waals surface area contributed by atoms with E-state index in [0.717, 1.165) is 86.4 Å². The van der Waals surface area contributed by atoms with Crippen LogP contribution in [0.25, 0.3) is 0 Å². The molecule has 4 aromatic heterocycles. The van der Waals surface area contributed by atoms with Gasteiger partial charge in [-0.15, -0.1) is 0 Å². The van der Waals surface area contributed by atoms with Crippen LogP contribution in [0.2, 0.25) is 0 Å². The predicted octanol–water partition coefficient (Wildman–Crippen LogP) is 22.6. The minimum Gasteiger partial charge on any atom is -0.497 e. The summed E-state index contributed by atoms with van der Waals surface area (Å²) in [5.41, 5.74) is 26.6. The van der Waals surface area contributed by atoms with E-state index in [0.29, 0.717) is 75.2 Å². The second kappa shape index (κ2) is 42.4. The molecule has 0 spiro atoms. The van der Waals surface area contributed by atoms with Gasteiger partial charge >= 0.3 is 0 Å². The first-order chi connectivity index (χ1) is 59.6. The topological polar surface area (TPSA) is 221 Å². The van der Waals surface area contributed by atoms with E-state index in [1.54, 1.807) is 14.2 Å². The van der Waals surface area contributed by atoms with E-state index in [1.807, 2.05) is 66.7 Å². The Balaban J connectivity index is 0.000000141. The van der Waals surface area contributed by atoms with E-state index in [9.17, 15) is 0 Å². The van der Waals surface area contributed by atoms with Crippen molar-refractivity contribution >= 4 is 46.5 Å². The summed E-state index contributed by atoms with van der Waals surface area (Å²) >= 11 is 0. The van der Waals surface area contributed by atoms with Gasteiger partial charge in [-0.05, 0) is 168 Å². The fourth-order valence-electron chi connectivity index (χ4n) is 14.4. The van der Waals surface area contributed by atoms with Gasteiger partial charge in [0.05, 0.1) is 19.9 Å². The SMILES string of the molecule is COc1cccc(Nc2nc(Cc3cccc(C)c3)nc(Cc3cccc(C)c3)n2)c1.COc1ccccc1Nc1nc(Cc2cccc(C)c2)nc(Cc2cccc(C)c2)n1.Cc1cccc(Cc2nc(Cc3cccc(C)c3)nc(Nc3ccc(C)cc3C)n2)c1.Cc1cccc(Cc2nc(Cc3cccc(C)c3)nc(Nc3ccccc3C)n2)c1. The average Bonchev–Trinajstić information content (AvgIpc) is 0.832. The number of aryl methyl sites for hydroxylation is 11. The molecule has 16 rings (SSSR count). The van der Waals surface area contributed by atoms with Gasteiger partial charge in [0.1, 0.15) is 58.1 Å². The lowest BCUT2D eigenvalue weighted by molar-refractivity contribution is 0.415. The Morgan fingerprint density at radius 1 is 0.203 bits per heavy atom. The third-order valence-corrected chi connectivity index (χ3v) is 20.2. The van der Waals surface area contributed by atoms with Crippen LogP contribution in [0.3, 0.4) is 0 Å². The van der Waals surface area contributed by atoms with Gasteiger partial charge in [0.25, 0.3) is 0 Å². The van der Waals surface area contributed by atoms with Crippen molar-refractivity contribution in [1.82, 2.24) is 59.8 Å². The van der Waals surface area contributed by atoms with Crippen molar-refractivity contribution in [2.75, 3.05) is 35.5 Å². The van der Waals surface area contributed by atoms with Gasteiger partial charge in [-0.1, -0.05) is 293 Å². The third kappa shape index (κ3) is 27.0. The van der Waals surface area contributed by atoms with Crippen LogP contribution in [0, 0.1) is 76.2 Å². The summed E-state index contributed by atoms with van der Waals surface area (Å²) < 4.78 is 10.8. The molecule has 4 heterocycles.